The van der Waals surface area contributed by atoms with Gasteiger partial charge in [0.05, 0.1) is 11.1 Å². The van der Waals surface area contributed by atoms with Crippen LogP contribution in [0.5, 0.6) is 0 Å². The number of carbonyl (C=O) groups excluding carboxylic acids is 4. The summed E-state index contributed by atoms with van der Waals surface area (Å²) in [6.07, 6.45) is 4.72. The Morgan fingerprint density at radius 3 is 2.41 bits per heavy atom. The molecule has 0 aromatic heterocycles. The SMILES string of the molecule is NCC1CCC(NCc2ccc3c(c2)C(=O)N(C2CCC(=O)NC2=O)C3=O)CC1. The first-order valence-electron chi connectivity index (χ1n) is 10.3. The highest BCUT2D eigenvalue weighted by Crippen LogP contribution is 2.29. The smallest absolute Gasteiger partial charge is 0.262 e. The van der Waals surface area contributed by atoms with Crippen molar-refractivity contribution in [1.29, 1.82) is 0 Å². The number of amides is 4. The number of imide groups is 2. The zero-order chi connectivity index (χ0) is 20.5. The highest BCUT2D eigenvalue weighted by atomic mass is 16.2. The first-order chi connectivity index (χ1) is 14.0. The van der Waals surface area contributed by atoms with Crippen molar-refractivity contribution in [1.82, 2.24) is 15.5 Å². The second kappa shape index (κ2) is 8.04. The zero-order valence-electron chi connectivity index (χ0n) is 16.3. The highest BCUT2D eigenvalue weighted by molar-refractivity contribution is 6.23. The molecule has 2 aliphatic heterocycles. The maximum atomic E-state index is 12.9. The molecule has 154 valence electrons. The molecule has 8 heteroatoms. The second-order valence-electron chi connectivity index (χ2n) is 8.16. The monoisotopic (exact) mass is 398 g/mol. The first-order valence-corrected chi connectivity index (χ1v) is 10.3. The maximum Gasteiger partial charge on any atom is 0.262 e. The Balaban J connectivity index is 1.43. The minimum Gasteiger partial charge on any atom is -0.330 e. The largest absolute Gasteiger partial charge is 0.330 e. The fraction of sp³-hybridized carbons (Fsp3) is 0.524. The minimum atomic E-state index is -0.931. The number of carbonyl (C=O) groups is 4. The van der Waals surface area contributed by atoms with E-state index in [1.165, 1.54) is 0 Å². The van der Waals surface area contributed by atoms with Crippen LogP contribution in [-0.4, -0.2) is 47.2 Å². The fourth-order valence-electron chi connectivity index (χ4n) is 4.49. The van der Waals surface area contributed by atoms with Crippen LogP contribution in [-0.2, 0) is 16.1 Å². The molecule has 29 heavy (non-hydrogen) atoms. The van der Waals surface area contributed by atoms with E-state index in [0.717, 1.165) is 42.7 Å². The highest BCUT2D eigenvalue weighted by Gasteiger charge is 2.44. The molecule has 1 aromatic rings. The van der Waals surface area contributed by atoms with E-state index >= 15 is 0 Å². The van der Waals surface area contributed by atoms with E-state index < -0.39 is 23.8 Å². The Morgan fingerprint density at radius 1 is 1.00 bits per heavy atom. The van der Waals surface area contributed by atoms with Crippen molar-refractivity contribution in [3.63, 3.8) is 0 Å². The van der Waals surface area contributed by atoms with Crippen molar-refractivity contribution in [2.75, 3.05) is 6.54 Å². The average Bonchev–Trinajstić information content (AvgIpc) is 2.97. The van der Waals surface area contributed by atoms with E-state index in [-0.39, 0.29) is 18.7 Å². The molecule has 1 aromatic carbocycles. The Labute approximate surface area is 169 Å². The van der Waals surface area contributed by atoms with Crippen molar-refractivity contribution in [2.45, 2.75) is 57.2 Å². The van der Waals surface area contributed by atoms with Gasteiger partial charge in [-0.05, 0) is 62.3 Å². The van der Waals surface area contributed by atoms with Gasteiger partial charge in [0.25, 0.3) is 11.8 Å². The number of nitrogens with zero attached hydrogens (tertiary/aromatic N) is 1. The van der Waals surface area contributed by atoms with E-state index in [9.17, 15) is 19.2 Å². The molecule has 1 unspecified atom stereocenters. The van der Waals surface area contributed by atoms with Gasteiger partial charge in [-0.25, -0.2) is 0 Å². The van der Waals surface area contributed by atoms with Gasteiger partial charge in [0.1, 0.15) is 6.04 Å². The standard InChI is InChI=1S/C21H26N4O4/c22-10-12-1-4-14(5-2-12)23-11-13-3-6-15-16(9-13)21(29)25(20(15)28)17-7-8-18(26)24-19(17)27/h3,6,9,12,14,17,23H,1-2,4-5,7-8,10-11,22H2,(H,24,26,27). The number of piperidine rings is 1. The Hall–Kier alpha value is -2.58. The summed E-state index contributed by atoms with van der Waals surface area (Å²) in [6.45, 7) is 1.36. The third-order valence-electron chi connectivity index (χ3n) is 6.28. The van der Waals surface area contributed by atoms with E-state index in [2.05, 4.69) is 10.6 Å². The molecule has 0 spiro atoms. The van der Waals surface area contributed by atoms with Gasteiger partial charge >= 0.3 is 0 Å². The van der Waals surface area contributed by atoms with E-state index in [4.69, 9.17) is 5.73 Å². The van der Waals surface area contributed by atoms with Crippen LogP contribution in [0.25, 0.3) is 0 Å². The average molecular weight is 398 g/mol. The molecule has 1 saturated heterocycles. The maximum absolute atomic E-state index is 12.9. The number of hydrogen-bond donors (Lipinski definition) is 3. The molecule has 2 fully saturated rings. The molecule has 8 nitrogen and oxygen atoms in total. The lowest BCUT2D eigenvalue weighted by atomic mass is 9.86. The van der Waals surface area contributed by atoms with Crippen LogP contribution >= 0.6 is 0 Å². The predicted molar refractivity (Wildman–Crippen MR) is 105 cm³/mol. The number of fused-ring (bicyclic) bond motifs is 1. The van der Waals surface area contributed by atoms with Gasteiger partial charge in [-0.2, -0.15) is 0 Å². The minimum absolute atomic E-state index is 0.116. The molecule has 0 bridgehead atoms. The molecule has 4 rings (SSSR count). The van der Waals surface area contributed by atoms with Crippen molar-refractivity contribution < 1.29 is 19.2 Å². The third-order valence-corrected chi connectivity index (χ3v) is 6.28. The van der Waals surface area contributed by atoms with Crippen LogP contribution in [0.3, 0.4) is 0 Å². The molecule has 4 amide bonds. The summed E-state index contributed by atoms with van der Waals surface area (Å²) < 4.78 is 0. The van der Waals surface area contributed by atoms with Crippen molar-refractivity contribution in [2.24, 2.45) is 11.7 Å². The Bertz CT molecular complexity index is 860. The predicted octanol–water partition coefficient (Wildman–Crippen LogP) is 0.695. The number of nitrogens with one attached hydrogen (secondary N) is 2. The van der Waals surface area contributed by atoms with Gasteiger partial charge in [-0.3, -0.25) is 29.4 Å². The second-order valence-corrected chi connectivity index (χ2v) is 8.16. The van der Waals surface area contributed by atoms with Gasteiger partial charge in [0.15, 0.2) is 0 Å². The number of benzene rings is 1. The lowest BCUT2D eigenvalue weighted by molar-refractivity contribution is -0.136. The molecule has 2 heterocycles. The van der Waals surface area contributed by atoms with Crippen LogP contribution in [0.4, 0.5) is 0 Å². The van der Waals surface area contributed by atoms with Crippen molar-refractivity contribution in [3.8, 4) is 0 Å². The van der Waals surface area contributed by atoms with Crippen LogP contribution < -0.4 is 16.4 Å². The van der Waals surface area contributed by atoms with Crippen molar-refractivity contribution >= 4 is 23.6 Å². The van der Waals surface area contributed by atoms with Gasteiger partial charge < -0.3 is 11.1 Å². The molecular formula is C21H26N4O4. The van der Waals surface area contributed by atoms with E-state index in [1.807, 2.05) is 6.07 Å². The van der Waals surface area contributed by atoms with Gasteiger partial charge in [0.2, 0.25) is 11.8 Å². The number of nitrogens with two attached hydrogens (primary N) is 1. The molecule has 3 aliphatic rings. The van der Waals surface area contributed by atoms with Crippen LogP contribution in [0, 0.1) is 5.92 Å². The summed E-state index contributed by atoms with van der Waals surface area (Å²) in [5.41, 5.74) is 7.31. The Morgan fingerprint density at radius 2 is 1.72 bits per heavy atom. The molecule has 0 radical (unpaired) electrons. The fourth-order valence-corrected chi connectivity index (χ4v) is 4.49. The van der Waals surface area contributed by atoms with Gasteiger partial charge in [0, 0.05) is 19.0 Å². The molecule has 4 N–H and O–H groups in total. The topological polar surface area (TPSA) is 122 Å². The zero-order valence-corrected chi connectivity index (χ0v) is 16.3. The summed E-state index contributed by atoms with van der Waals surface area (Å²) in [5.74, 6) is -1.29. The van der Waals surface area contributed by atoms with Crippen molar-refractivity contribution in [3.05, 3.63) is 34.9 Å². The summed E-state index contributed by atoms with van der Waals surface area (Å²) >= 11 is 0. The van der Waals surface area contributed by atoms with Crippen LogP contribution in [0.1, 0.15) is 64.8 Å². The summed E-state index contributed by atoms with van der Waals surface area (Å²) in [5, 5.41) is 5.74. The third kappa shape index (κ3) is 3.82. The Kier molecular flexibility index (Phi) is 5.47. The van der Waals surface area contributed by atoms with Gasteiger partial charge in [-0.1, -0.05) is 6.07 Å². The van der Waals surface area contributed by atoms with Gasteiger partial charge in [-0.15, -0.1) is 0 Å². The lowest BCUT2D eigenvalue weighted by Gasteiger charge is -2.28. The molecule has 1 saturated carbocycles. The number of hydrogen-bond acceptors (Lipinski definition) is 6. The lowest BCUT2D eigenvalue weighted by Crippen LogP contribution is -2.54. The number of rotatable bonds is 5. The summed E-state index contributed by atoms with van der Waals surface area (Å²) in [7, 11) is 0. The van der Waals surface area contributed by atoms with Crippen LogP contribution in [0.15, 0.2) is 18.2 Å². The van der Waals surface area contributed by atoms with E-state index in [0.29, 0.717) is 29.6 Å². The molecule has 1 aliphatic carbocycles. The first kappa shape index (κ1) is 19.7. The van der Waals surface area contributed by atoms with Crippen LogP contribution in [0.2, 0.25) is 0 Å². The summed E-state index contributed by atoms with van der Waals surface area (Å²) in [4.78, 5) is 50.1. The normalized spacial score (nSPS) is 27.2. The quantitative estimate of drug-likeness (QED) is 0.628. The molecule has 1 atom stereocenters. The van der Waals surface area contributed by atoms with E-state index in [1.54, 1.807) is 12.1 Å². The summed E-state index contributed by atoms with van der Waals surface area (Å²) in [6, 6.07) is 4.74. The molecular weight excluding hydrogens is 372 g/mol.